The first-order valence-corrected chi connectivity index (χ1v) is 4.90. The molecule has 0 spiro atoms. The summed E-state index contributed by atoms with van der Waals surface area (Å²) in [5.74, 6) is 0. The molecular weight excluding hydrogens is 177 g/mol. The Labute approximate surface area is 84.7 Å². The lowest BCUT2D eigenvalue weighted by molar-refractivity contribution is 0.426. The van der Waals surface area contributed by atoms with E-state index in [2.05, 4.69) is 6.92 Å². The van der Waals surface area contributed by atoms with Crippen LogP contribution in [0.1, 0.15) is 25.3 Å². The number of aryl methyl sites for hydroxylation is 1. The summed E-state index contributed by atoms with van der Waals surface area (Å²) in [5, 5.41) is 18.1. The van der Waals surface area contributed by atoms with Crippen molar-refractivity contribution in [2.24, 2.45) is 0 Å². The molecule has 0 radical (unpaired) electrons. The van der Waals surface area contributed by atoms with E-state index in [1.54, 1.807) is 12.1 Å². The number of hydrogen-bond acceptors (Lipinski definition) is 3. The van der Waals surface area contributed by atoms with Crippen LogP contribution < -0.4 is 11.2 Å². The van der Waals surface area contributed by atoms with Crippen LogP contribution in [0.3, 0.4) is 0 Å². The average molecular weight is 193 g/mol. The third-order valence-corrected chi connectivity index (χ3v) is 2.31. The van der Waals surface area contributed by atoms with E-state index in [4.69, 9.17) is 15.8 Å². The SMILES string of the molecule is CCCCc1cccc(B(O)O)c1N. The van der Waals surface area contributed by atoms with E-state index in [-0.39, 0.29) is 0 Å². The maximum absolute atomic E-state index is 9.03. The van der Waals surface area contributed by atoms with Crippen molar-refractivity contribution in [3.8, 4) is 0 Å². The number of nitrogens with two attached hydrogens (primary N) is 1. The van der Waals surface area contributed by atoms with Gasteiger partial charge < -0.3 is 15.8 Å². The molecule has 0 fully saturated rings. The van der Waals surface area contributed by atoms with Crippen LogP contribution in [-0.4, -0.2) is 17.2 Å². The molecule has 76 valence electrons. The lowest BCUT2D eigenvalue weighted by Crippen LogP contribution is -2.32. The number of hydrogen-bond donors (Lipinski definition) is 3. The van der Waals surface area contributed by atoms with E-state index in [9.17, 15) is 0 Å². The molecule has 1 aromatic carbocycles. The third-order valence-electron chi connectivity index (χ3n) is 2.31. The van der Waals surface area contributed by atoms with Gasteiger partial charge in [0.1, 0.15) is 0 Å². The summed E-state index contributed by atoms with van der Waals surface area (Å²) in [5.41, 5.74) is 7.71. The molecule has 0 aliphatic carbocycles. The Balaban J connectivity index is 2.89. The molecule has 0 heterocycles. The Bertz CT molecular complexity index is 302. The van der Waals surface area contributed by atoms with Gasteiger partial charge in [0.25, 0.3) is 0 Å². The van der Waals surface area contributed by atoms with Gasteiger partial charge in [-0.2, -0.15) is 0 Å². The molecule has 3 nitrogen and oxygen atoms in total. The Morgan fingerprint density at radius 2 is 2.07 bits per heavy atom. The molecule has 4 N–H and O–H groups in total. The summed E-state index contributed by atoms with van der Waals surface area (Å²) in [6, 6.07) is 5.36. The van der Waals surface area contributed by atoms with Gasteiger partial charge >= 0.3 is 7.12 Å². The van der Waals surface area contributed by atoms with E-state index in [0.29, 0.717) is 11.2 Å². The maximum Gasteiger partial charge on any atom is 0.490 e. The van der Waals surface area contributed by atoms with Crippen molar-refractivity contribution < 1.29 is 10.0 Å². The minimum absolute atomic E-state index is 0.401. The van der Waals surface area contributed by atoms with Crippen molar-refractivity contribution in [2.75, 3.05) is 5.73 Å². The predicted octanol–water partition coefficient (Wildman–Crippen LogP) is 0.291. The summed E-state index contributed by atoms with van der Waals surface area (Å²) in [6.45, 7) is 2.11. The highest BCUT2D eigenvalue weighted by Crippen LogP contribution is 2.12. The van der Waals surface area contributed by atoms with Crippen LogP contribution in [0.2, 0.25) is 0 Å². The van der Waals surface area contributed by atoms with Gasteiger partial charge in [0.2, 0.25) is 0 Å². The summed E-state index contributed by atoms with van der Waals surface area (Å²) in [4.78, 5) is 0. The molecule has 0 saturated carbocycles. The van der Waals surface area contributed by atoms with Gasteiger partial charge in [0.15, 0.2) is 0 Å². The van der Waals surface area contributed by atoms with Crippen LogP contribution in [0.4, 0.5) is 5.69 Å². The molecule has 0 atom stereocenters. The van der Waals surface area contributed by atoms with Crippen molar-refractivity contribution in [3.05, 3.63) is 23.8 Å². The number of nitrogen functional groups attached to an aromatic ring is 1. The zero-order chi connectivity index (χ0) is 10.6. The van der Waals surface area contributed by atoms with Crippen molar-refractivity contribution >= 4 is 18.3 Å². The van der Waals surface area contributed by atoms with Gasteiger partial charge in [-0.3, -0.25) is 0 Å². The largest absolute Gasteiger partial charge is 0.490 e. The summed E-state index contributed by atoms with van der Waals surface area (Å²) in [6.07, 6.45) is 3.06. The molecule has 4 heteroatoms. The fourth-order valence-electron chi connectivity index (χ4n) is 1.44. The second-order valence-corrected chi connectivity index (χ2v) is 3.40. The van der Waals surface area contributed by atoms with Crippen molar-refractivity contribution in [2.45, 2.75) is 26.2 Å². The fraction of sp³-hybridized carbons (Fsp3) is 0.400. The first-order valence-electron chi connectivity index (χ1n) is 4.90. The van der Waals surface area contributed by atoms with Crippen molar-refractivity contribution in [1.82, 2.24) is 0 Å². The molecule has 0 bridgehead atoms. The first kappa shape index (κ1) is 11.1. The Morgan fingerprint density at radius 3 is 2.64 bits per heavy atom. The van der Waals surface area contributed by atoms with Gasteiger partial charge in [-0.15, -0.1) is 0 Å². The molecular formula is C10H16BNO2. The van der Waals surface area contributed by atoms with E-state index in [1.165, 1.54) is 0 Å². The third kappa shape index (κ3) is 2.50. The normalized spacial score (nSPS) is 10.2. The summed E-state index contributed by atoms with van der Waals surface area (Å²) in [7, 11) is -1.48. The highest BCUT2D eigenvalue weighted by atomic mass is 16.4. The lowest BCUT2D eigenvalue weighted by atomic mass is 9.77. The highest BCUT2D eigenvalue weighted by Gasteiger charge is 2.15. The van der Waals surface area contributed by atoms with Crippen LogP contribution in [0, 0.1) is 0 Å². The van der Waals surface area contributed by atoms with Gasteiger partial charge in [0.05, 0.1) is 0 Å². The average Bonchev–Trinajstić information content (AvgIpc) is 2.16. The number of anilines is 1. The topological polar surface area (TPSA) is 66.5 Å². The van der Waals surface area contributed by atoms with E-state index in [1.807, 2.05) is 6.07 Å². The Hall–Kier alpha value is -0.995. The van der Waals surface area contributed by atoms with Crippen LogP contribution in [0.15, 0.2) is 18.2 Å². The van der Waals surface area contributed by atoms with Crippen LogP contribution in [-0.2, 0) is 6.42 Å². The predicted molar refractivity (Wildman–Crippen MR) is 59.3 cm³/mol. The second kappa shape index (κ2) is 5.03. The van der Waals surface area contributed by atoms with E-state index < -0.39 is 7.12 Å². The molecule has 1 aromatic rings. The van der Waals surface area contributed by atoms with Crippen molar-refractivity contribution in [1.29, 1.82) is 0 Å². The molecule has 0 aliphatic heterocycles. The quantitative estimate of drug-likeness (QED) is 0.475. The molecule has 1 rings (SSSR count). The smallest absolute Gasteiger partial charge is 0.423 e. The number of benzene rings is 1. The first-order chi connectivity index (χ1) is 6.66. The minimum atomic E-state index is -1.48. The number of para-hydroxylation sites is 1. The van der Waals surface area contributed by atoms with E-state index in [0.717, 1.165) is 24.8 Å². The Kier molecular flexibility index (Phi) is 3.98. The summed E-state index contributed by atoms with van der Waals surface area (Å²) >= 11 is 0. The molecule has 14 heavy (non-hydrogen) atoms. The van der Waals surface area contributed by atoms with Gasteiger partial charge in [-0.1, -0.05) is 31.5 Å². The molecule has 0 unspecified atom stereocenters. The summed E-state index contributed by atoms with van der Waals surface area (Å²) < 4.78 is 0. The maximum atomic E-state index is 9.03. The monoisotopic (exact) mass is 193 g/mol. The number of unbranched alkanes of at least 4 members (excludes halogenated alkanes) is 1. The molecule has 0 aromatic heterocycles. The van der Waals surface area contributed by atoms with Crippen molar-refractivity contribution in [3.63, 3.8) is 0 Å². The highest BCUT2D eigenvalue weighted by molar-refractivity contribution is 6.60. The van der Waals surface area contributed by atoms with Gasteiger partial charge in [-0.25, -0.2) is 0 Å². The minimum Gasteiger partial charge on any atom is -0.423 e. The number of rotatable bonds is 4. The molecule has 0 aliphatic rings. The van der Waals surface area contributed by atoms with E-state index >= 15 is 0 Å². The molecule has 0 amide bonds. The zero-order valence-corrected chi connectivity index (χ0v) is 8.40. The van der Waals surface area contributed by atoms with Crippen LogP contribution >= 0.6 is 0 Å². The van der Waals surface area contributed by atoms with Gasteiger partial charge in [0, 0.05) is 11.2 Å². The second-order valence-electron chi connectivity index (χ2n) is 3.40. The lowest BCUT2D eigenvalue weighted by Gasteiger charge is -2.09. The fourth-order valence-corrected chi connectivity index (χ4v) is 1.44. The van der Waals surface area contributed by atoms with Crippen LogP contribution in [0.5, 0.6) is 0 Å². The standard InChI is InChI=1S/C10H16BNO2/c1-2-3-5-8-6-4-7-9(10(8)12)11(13)14/h4,6-7,13-14H,2-3,5,12H2,1H3. The van der Waals surface area contributed by atoms with Crippen LogP contribution in [0.25, 0.3) is 0 Å². The zero-order valence-electron chi connectivity index (χ0n) is 8.40. The molecule has 0 saturated heterocycles. The Morgan fingerprint density at radius 1 is 1.36 bits per heavy atom. The van der Waals surface area contributed by atoms with Gasteiger partial charge in [-0.05, 0) is 18.4 Å².